The van der Waals surface area contributed by atoms with Crippen LogP contribution in [-0.4, -0.2) is 24.4 Å². The van der Waals surface area contributed by atoms with Gasteiger partial charge in [-0.3, -0.25) is 4.79 Å². The molecule has 0 radical (unpaired) electrons. The Labute approximate surface area is 95.9 Å². The lowest BCUT2D eigenvalue weighted by molar-refractivity contribution is 0.112. The van der Waals surface area contributed by atoms with Gasteiger partial charge in [-0.2, -0.15) is 0 Å². The van der Waals surface area contributed by atoms with Gasteiger partial charge in [0.2, 0.25) is 0 Å². The van der Waals surface area contributed by atoms with E-state index in [1.54, 1.807) is 12.3 Å². The smallest absolute Gasteiger partial charge is 0.153 e. The van der Waals surface area contributed by atoms with Crippen LogP contribution in [0.1, 0.15) is 29.6 Å². The van der Waals surface area contributed by atoms with Gasteiger partial charge in [0.1, 0.15) is 5.82 Å². The molecule has 0 bridgehead atoms. The summed E-state index contributed by atoms with van der Waals surface area (Å²) in [7, 11) is 0. The molecule has 1 fully saturated rings. The van der Waals surface area contributed by atoms with Crippen molar-refractivity contribution in [1.29, 1.82) is 0 Å². The first-order valence-corrected chi connectivity index (χ1v) is 5.07. The zero-order valence-electron chi connectivity index (χ0n) is 8.56. The van der Waals surface area contributed by atoms with Crippen molar-refractivity contribution >= 4 is 24.5 Å². The molecule has 15 heavy (non-hydrogen) atoms. The number of anilines is 1. The van der Waals surface area contributed by atoms with E-state index < -0.39 is 0 Å². The highest BCUT2D eigenvalue weighted by molar-refractivity contribution is 5.85. The lowest BCUT2D eigenvalue weighted by Crippen LogP contribution is -2.30. The molecule has 0 N–H and O–H groups in total. The number of hydrogen-bond donors (Lipinski definition) is 0. The van der Waals surface area contributed by atoms with E-state index in [4.69, 9.17) is 0 Å². The van der Waals surface area contributed by atoms with Gasteiger partial charge in [-0.15, -0.1) is 12.4 Å². The summed E-state index contributed by atoms with van der Waals surface area (Å²) in [5, 5.41) is 0. The van der Waals surface area contributed by atoms with Crippen LogP contribution in [0.3, 0.4) is 0 Å². The molecule has 2 heterocycles. The summed E-state index contributed by atoms with van der Waals surface area (Å²) < 4.78 is 0. The number of rotatable bonds is 2. The second kappa shape index (κ2) is 5.71. The minimum absolute atomic E-state index is 0. The zero-order valence-corrected chi connectivity index (χ0v) is 9.37. The van der Waals surface area contributed by atoms with Crippen molar-refractivity contribution in [1.82, 2.24) is 4.98 Å². The van der Waals surface area contributed by atoms with Gasteiger partial charge in [0.15, 0.2) is 6.29 Å². The maximum absolute atomic E-state index is 10.8. The molecule has 0 spiro atoms. The summed E-state index contributed by atoms with van der Waals surface area (Å²) in [6.45, 7) is 2.05. The lowest BCUT2D eigenvalue weighted by atomic mass is 10.1. The minimum Gasteiger partial charge on any atom is -0.356 e. The number of carbonyl (C=O) groups excluding carboxylic acids is 1. The van der Waals surface area contributed by atoms with Crippen LogP contribution in [0.4, 0.5) is 5.82 Å². The molecule has 1 aromatic rings. The highest BCUT2D eigenvalue weighted by Crippen LogP contribution is 2.19. The second-order valence-corrected chi connectivity index (χ2v) is 3.58. The number of carbonyl (C=O) groups is 1. The van der Waals surface area contributed by atoms with Crippen LogP contribution < -0.4 is 4.90 Å². The molecule has 0 aliphatic carbocycles. The quantitative estimate of drug-likeness (QED) is 0.726. The van der Waals surface area contributed by atoms with Crippen molar-refractivity contribution < 1.29 is 4.79 Å². The van der Waals surface area contributed by atoms with Crippen LogP contribution >= 0.6 is 12.4 Å². The monoisotopic (exact) mass is 226 g/mol. The standard InChI is InChI=1S/C11H14N2O.ClH/c14-9-10-5-4-6-12-11(10)13-7-2-1-3-8-13;/h4-6,9H,1-3,7-8H2;1H. The number of nitrogens with zero attached hydrogens (tertiary/aromatic N) is 2. The van der Waals surface area contributed by atoms with E-state index in [-0.39, 0.29) is 12.4 Å². The van der Waals surface area contributed by atoms with Gasteiger partial charge in [0.05, 0.1) is 5.56 Å². The SMILES string of the molecule is Cl.O=Cc1cccnc1N1CCCCC1. The van der Waals surface area contributed by atoms with E-state index in [0.717, 1.165) is 25.2 Å². The van der Waals surface area contributed by atoms with Gasteiger partial charge in [0.25, 0.3) is 0 Å². The zero-order chi connectivity index (χ0) is 9.80. The molecule has 4 heteroatoms. The van der Waals surface area contributed by atoms with Crippen molar-refractivity contribution in [2.45, 2.75) is 19.3 Å². The van der Waals surface area contributed by atoms with E-state index in [1.165, 1.54) is 19.3 Å². The summed E-state index contributed by atoms with van der Waals surface area (Å²) in [5.41, 5.74) is 0.703. The molecule has 1 saturated heterocycles. The number of piperidine rings is 1. The average Bonchev–Trinajstić information content (AvgIpc) is 2.30. The Morgan fingerprint density at radius 3 is 2.67 bits per heavy atom. The first-order chi connectivity index (χ1) is 6.92. The molecule has 0 aromatic carbocycles. The Hall–Kier alpha value is -1.09. The van der Waals surface area contributed by atoms with Gasteiger partial charge in [-0.25, -0.2) is 4.98 Å². The molecule has 0 saturated carbocycles. The largest absolute Gasteiger partial charge is 0.356 e. The summed E-state index contributed by atoms with van der Waals surface area (Å²) in [5.74, 6) is 0.849. The fraction of sp³-hybridized carbons (Fsp3) is 0.455. The van der Waals surface area contributed by atoms with Gasteiger partial charge in [-0.1, -0.05) is 0 Å². The lowest BCUT2D eigenvalue weighted by Gasteiger charge is -2.28. The van der Waals surface area contributed by atoms with Gasteiger partial charge in [0, 0.05) is 19.3 Å². The Kier molecular flexibility index (Phi) is 4.56. The van der Waals surface area contributed by atoms with E-state index in [0.29, 0.717) is 5.56 Å². The van der Waals surface area contributed by atoms with Gasteiger partial charge < -0.3 is 4.90 Å². The maximum Gasteiger partial charge on any atom is 0.153 e. The maximum atomic E-state index is 10.8. The molecule has 1 aliphatic rings. The summed E-state index contributed by atoms with van der Waals surface area (Å²) in [6, 6.07) is 3.63. The predicted octanol–water partition coefficient (Wildman–Crippen LogP) is 2.31. The van der Waals surface area contributed by atoms with Crippen LogP contribution in [0.25, 0.3) is 0 Å². The summed E-state index contributed by atoms with van der Waals surface area (Å²) in [4.78, 5) is 17.3. The third-order valence-electron chi connectivity index (χ3n) is 2.60. The molecule has 3 nitrogen and oxygen atoms in total. The first-order valence-electron chi connectivity index (χ1n) is 5.07. The number of halogens is 1. The highest BCUT2D eigenvalue weighted by Gasteiger charge is 2.14. The first kappa shape index (κ1) is 12.0. The van der Waals surface area contributed by atoms with Gasteiger partial charge >= 0.3 is 0 Å². The minimum atomic E-state index is 0. The van der Waals surface area contributed by atoms with Crippen LogP contribution in [0, 0.1) is 0 Å². The van der Waals surface area contributed by atoms with Gasteiger partial charge in [-0.05, 0) is 31.4 Å². The molecule has 0 atom stereocenters. The number of aldehydes is 1. The highest BCUT2D eigenvalue weighted by atomic mass is 35.5. The predicted molar refractivity (Wildman–Crippen MR) is 62.9 cm³/mol. The molecule has 1 aromatic heterocycles. The summed E-state index contributed by atoms with van der Waals surface area (Å²) >= 11 is 0. The number of aromatic nitrogens is 1. The van der Waals surface area contributed by atoms with Crippen molar-refractivity contribution in [2.24, 2.45) is 0 Å². The average molecular weight is 227 g/mol. The van der Waals surface area contributed by atoms with E-state index >= 15 is 0 Å². The molecular formula is C11H15ClN2O. The Morgan fingerprint density at radius 1 is 1.27 bits per heavy atom. The molecule has 2 rings (SSSR count). The fourth-order valence-corrected chi connectivity index (χ4v) is 1.87. The molecule has 0 unspecified atom stereocenters. The molecular weight excluding hydrogens is 212 g/mol. The van der Waals surface area contributed by atoms with Crippen molar-refractivity contribution in [3.63, 3.8) is 0 Å². The van der Waals surface area contributed by atoms with Crippen LogP contribution in [0.15, 0.2) is 18.3 Å². The molecule has 0 amide bonds. The summed E-state index contributed by atoms with van der Waals surface area (Å²) in [6.07, 6.45) is 6.33. The third-order valence-corrected chi connectivity index (χ3v) is 2.60. The molecule has 82 valence electrons. The van der Waals surface area contributed by atoms with Crippen LogP contribution in [0.2, 0.25) is 0 Å². The van der Waals surface area contributed by atoms with Crippen molar-refractivity contribution in [2.75, 3.05) is 18.0 Å². The van der Waals surface area contributed by atoms with Crippen molar-refractivity contribution in [3.8, 4) is 0 Å². The van der Waals surface area contributed by atoms with E-state index in [1.807, 2.05) is 6.07 Å². The van der Waals surface area contributed by atoms with E-state index in [9.17, 15) is 4.79 Å². The fourth-order valence-electron chi connectivity index (χ4n) is 1.87. The number of pyridine rings is 1. The molecule has 1 aliphatic heterocycles. The topological polar surface area (TPSA) is 33.2 Å². The van der Waals surface area contributed by atoms with Crippen LogP contribution in [-0.2, 0) is 0 Å². The Balaban J connectivity index is 0.00000112. The van der Waals surface area contributed by atoms with E-state index in [2.05, 4.69) is 9.88 Å². The number of hydrogen-bond acceptors (Lipinski definition) is 3. The second-order valence-electron chi connectivity index (χ2n) is 3.58. The van der Waals surface area contributed by atoms with Crippen molar-refractivity contribution in [3.05, 3.63) is 23.9 Å². The Morgan fingerprint density at radius 2 is 2.00 bits per heavy atom. The normalized spacial score (nSPS) is 15.6. The Bertz CT molecular complexity index is 324. The third kappa shape index (κ3) is 2.69. The van der Waals surface area contributed by atoms with Crippen LogP contribution in [0.5, 0.6) is 0 Å².